The smallest absolute Gasteiger partial charge is 0.175 e. The molecule has 0 aliphatic rings. The lowest BCUT2D eigenvalue weighted by Gasteiger charge is -2.06. The van der Waals surface area contributed by atoms with Crippen LogP contribution in [-0.4, -0.2) is 20.5 Å². The fraction of sp³-hybridized carbons (Fsp3) is 0.0714. The molecule has 0 amide bonds. The van der Waals surface area contributed by atoms with Gasteiger partial charge in [0.05, 0.1) is 4.90 Å². The Bertz CT molecular complexity index is 787. The van der Waals surface area contributed by atoms with Gasteiger partial charge in [0.1, 0.15) is 11.7 Å². The number of nitrogens with two attached hydrogens (primary N) is 1. The topological polar surface area (TPSA) is 84.0 Å². The minimum atomic E-state index is -3.24. The number of amidine groups is 1. The Morgan fingerprint density at radius 2 is 1.81 bits per heavy atom. The Balaban J connectivity index is 2.24. The van der Waals surface area contributed by atoms with Gasteiger partial charge in [0.15, 0.2) is 9.84 Å². The quantitative estimate of drug-likeness (QED) is 0.669. The fourth-order valence-corrected chi connectivity index (χ4v) is 3.08. The van der Waals surface area contributed by atoms with E-state index in [2.05, 4.69) is 0 Å². The van der Waals surface area contributed by atoms with Gasteiger partial charge in [0, 0.05) is 21.6 Å². The van der Waals surface area contributed by atoms with Crippen LogP contribution in [-0.2, 0) is 9.84 Å². The van der Waals surface area contributed by atoms with Crippen molar-refractivity contribution < 1.29 is 12.8 Å². The van der Waals surface area contributed by atoms with E-state index >= 15 is 0 Å². The third-order valence-corrected chi connectivity index (χ3v) is 4.91. The van der Waals surface area contributed by atoms with E-state index in [1.165, 1.54) is 30.0 Å². The zero-order chi connectivity index (χ0) is 15.6. The maximum atomic E-state index is 13.9. The van der Waals surface area contributed by atoms with Gasteiger partial charge in [-0.15, -0.1) is 0 Å². The molecule has 0 spiro atoms. The van der Waals surface area contributed by atoms with Crippen LogP contribution in [0.25, 0.3) is 0 Å². The molecule has 2 rings (SSSR count). The minimum Gasteiger partial charge on any atom is -0.384 e. The number of nitrogens with one attached hydrogen (secondary N) is 1. The monoisotopic (exact) mass is 324 g/mol. The van der Waals surface area contributed by atoms with Crippen molar-refractivity contribution in [3.8, 4) is 0 Å². The van der Waals surface area contributed by atoms with Crippen LogP contribution < -0.4 is 5.73 Å². The van der Waals surface area contributed by atoms with Crippen LogP contribution in [0.1, 0.15) is 5.56 Å². The van der Waals surface area contributed by atoms with Gasteiger partial charge < -0.3 is 5.73 Å². The lowest BCUT2D eigenvalue weighted by atomic mass is 10.2. The SMILES string of the molecule is CS(=O)(=O)c1ccc(Sc2ccc(C(=N)N)cc2F)cc1. The first-order valence-corrected chi connectivity index (χ1v) is 8.60. The van der Waals surface area contributed by atoms with Crippen LogP contribution in [0, 0.1) is 11.2 Å². The number of nitrogen functional groups attached to an aromatic ring is 1. The number of halogens is 1. The molecule has 110 valence electrons. The fourth-order valence-electron chi connectivity index (χ4n) is 1.63. The molecule has 0 aliphatic carbocycles. The van der Waals surface area contributed by atoms with Crippen LogP contribution >= 0.6 is 11.8 Å². The normalized spacial score (nSPS) is 11.3. The molecule has 0 unspecified atom stereocenters. The van der Waals surface area contributed by atoms with Crippen molar-refractivity contribution in [3.63, 3.8) is 0 Å². The summed E-state index contributed by atoms with van der Waals surface area (Å²) in [5, 5.41) is 7.25. The summed E-state index contributed by atoms with van der Waals surface area (Å²) in [6, 6.07) is 10.5. The summed E-state index contributed by atoms with van der Waals surface area (Å²) in [5.74, 6) is -0.664. The first kappa shape index (κ1) is 15.5. The number of hydrogen-bond acceptors (Lipinski definition) is 4. The molecule has 3 N–H and O–H groups in total. The molecule has 0 saturated carbocycles. The Hall–Kier alpha value is -1.86. The van der Waals surface area contributed by atoms with Gasteiger partial charge >= 0.3 is 0 Å². The molecule has 2 aromatic rings. The molecule has 0 aromatic heterocycles. The predicted octanol–water partition coefficient (Wildman–Crippen LogP) is 2.66. The zero-order valence-electron chi connectivity index (χ0n) is 11.1. The highest BCUT2D eigenvalue weighted by atomic mass is 32.2. The Kier molecular flexibility index (Phi) is 4.34. The highest BCUT2D eigenvalue weighted by molar-refractivity contribution is 7.99. The lowest BCUT2D eigenvalue weighted by Crippen LogP contribution is -2.11. The molecule has 0 saturated heterocycles. The molecule has 0 bridgehead atoms. The highest BCUT2D eigenvalue weighted by Crippen LogP contribution is 2.30. The van der Waals surface area contributed by atoms with Gasteiger partial charge in [-0.05, 0) is 42.5 Å². The van der Waals surface area contributed by atoms with E-state index in [1.54, 1.807) is 24.3 Å². The average molecular weight is 324 g/mol. The van der Waals surface area contributed by atoms with E-state index in [-0.39, 0.29) is 10.7 Å². The second-order valence-corrected chi connectivity index (χ2v) is 7.54. The summed E-state index contributed by atoms with van der Waals surface area (Å²) in [6.07, 6.45) is 1.13. The van der Waals surface area contributed by atoms with Crippen molar-refractivity contribution in [2.75, 3.05) is 6.26 Å². The summed E-state index contributed by atoms with van der Waals surface area (Å²) in [4.78, 5) is 1.32. The molecule has 0 radical (unpaired) electrons. The third-order valence-electron chi connectivity index (χ3n) is 2.72. The van der Waals surface area contributed by atoms with Crippen molar-refractivity contribution in [1.29, 1.82) is 5.41 Å². The van der Waals surface area contributed by atoms with Crippen molar-refractivity contribution in [2.24, 2.45) is 5.73 Å². The number of rotatable bonds is 4. The van der Waals surface area contributed by atoms with E-state index < -0.39 is 15.7 Å². The molecule has 2 aromatic carbocycles. The van der Waals surface area contributed by atoms with Crippen LogP contribution in [0.3, 0.4) is 0 Å². The predicted molar refractivity (Wildman–Crippen MR) is 81.1 cm³/mol. The molecule has 0 aliphatic heterocycles. The number of sulfone groups is 1. The molecule has 7 heteroatoms. The Morgan fingerprint density at radius 3 is 2.29 bits per heavy atom. The van der Waals surface area contributed by atoms with E-state index in [4.69, 9.17) is 11.1 Å². The first-order valence-electron chi connectivity index (χ1n) is 5.89. The second kappa shape index (κ2) is 5.87. The van der Waals surface area contributed by atoms with E-state index in [9.17, 15) is 12.8 Å². The summed E-state index contributed by atoms with van der Waals surface area (Å²) in [5.41, 5.74) is 5.62. The third kappa shape index (κ3) is 3.83. The summed E-state index contributed by atoms with van der Waals surface area (Å²) in [6.45, 7) is 0. The van der Waals surface area contributed by atoms with Gasteiger partial charge in [-0.2, -0.15) is 0 Å². The summed E-state index contributed by atoms with van der Waals surface area (Å²) >= 11 is 1.17. The molecular weight excluding hydrogens is 311 g/mol. The average Bonchev–Trinajstić information content (AvgIpc) is 2.40. The summed E-state index contributed by atoms with van der Waals surface area (Å²) in [7, 11) is -3.24. The van der Waals surface area contributed by atoms with E-state index in [1.807, 2.05) is 0 Å². The number of benzene rings is 2. The Labute approximate surface area is 126 Å². The van der Waals surface area contributed by atoms with Gasteiger partial charge in [-0.3, -0.25) is 5.41 Å². The van der Waals surface area contributed by atoms with Crippen LogP contribution in [0.15, 0.2) is 57.2 Å². The molecule has 0 heterocycles. The van der Waals surface area contributed by atoms with Crippen molar-refractivity contribution in [3.05, 3.63) is 53.8 Å². The van der Waals surface area contributed by atoms with Gasteiger partial charge in [0.2, 0.25) is 0 Å². The molecular formula is C14H13FN2O2S2. The van der Waals surface area contributed by atoms with Gasteiger partial charge in [-0.25, -0.2) is 12.8 Å². The largest absolute Gasteiger partial charge is 0.384 e. The Morgan fingerprint density at radius 1 is 1.19 bits per heavy atom. The second-order valence-electron chi connectivity index (χ2n) is 4.40. The van der Waals surface area contributed by atoms with Crippen LogP contribution in [0.2, 0.25) is 0 Å². The minimum absolute atomic E-state index is 0.192. The van der Waals surface area contributed by atoms with E-state index in [0.717, 1.165) is 11.2 Å². The standard InChI is InChI=1S/C14H13FN2O2S2/c1-21(18,19)11-5-3-10(4-6-11)20-13-7-2-9(14(16)17)8-12(13)15/h2-8H,1H3,(H3,16,17). The maximum absolute atomic E-state index is 13.9. The molecule has 21 heavy (non-hydrogen) atoms. The van der Waals surface area contributed by atoms with Gasteiger partial charge in [0.25, 0.3) is 0 Å². The highest BCUT2D eigenvalue weighted by Gasteiger charge is 2.09. The van der Waals surface area contributed by atoms with Gasteiger partial charge in [-0.1, -0.05) is 11.8 Å². The lowest BCUT2D eigenvalue weighted by molar-refractivity contribution is 0.600. The van der Waals surface area contributed by atoms with Crippen molar-refractivity contribution >= 4 is 27.4 Å². The van der Waals surface area contributed by atoms with Crippen LogP contribution in [0.5, 0.6) is 0 Å². The summed E-state index contributed by atoms with van der Waals surface area (Å²) < 4.78 is 36.6. The molecule has 4 nitrogen and oxygen atoms in total. The number of hydrogen-bond donors (Lipinski definition) is 2. The van der Waals surface area contributed by atoms with E-state index in [0.29, 0.717) is 10.5 Å². The molecule has 0 fully saturated rings. The van der Waals surface area contributed by atoms with Crippen molar-refractivity contribution in [2.45, 2.75) is 14.7 Å². The first-order chi connectivity index (χ1) is 9.77. The molecule has 0 atom stereocenters. The maximum Gasteiger partial charge on any atom is 0.175 e. The zero-order valence-corrected chi connectivity index (χ0v) is 12.8. The van der Waals surface area contributed by atoms with Crippen molar-refractivity contribution in [1.82, 2.24) is 0 Å². The van der Waals surface area contributed by atoms with Crippen LogP contribution in [0.4, 0.5) is 4.39 Å².